The van der Waals surface area contributed by atoms with Gasteiger partial charge in [-0.05, 0) is 6.26 Å². The average Bonchev–Trinajstić information content (AvgIpc) is 1.85. The predicted octanol–water partition coefficient (Wildman–Crippen LogP) is 2.67. The van der Waals surface area contributed by atoms with Gasteiger partial charge in [0, 0.05) is 17.9 Å². The maximum absolute atomic E-state index is 10.5. The number of rotatable bonds is 4. The van der Waals surface area contributed by atoms with Crippen molar-refractivity contribution in [3.05, 3.63) is 0 Å². The molecule has 0 spiro atoms. The van der Waals surface area contributed by atoms with Crippen molar-refractivity contribution in [1.29, 1.82) is 0 Å². The molecule has 0 aromatic rings. The Labute approximate surface area is 74.5 Å². The van der Waals surface area contributed by atoms with Gasteiger partial charge in [-0.2, -0.15) is 0 Å². The second-order valence-electron chi connectivity index (χ2n) is 1.88. The summed E-state index contributed by atoms with van der Waals surface area (Å²) in [7, 11) is 3.57. The number of carbonyl (C=O) groups excluding carboxylic acids is 1. The van der Waals surface area contributed by atoms with Gasteiger partial charge in [0.25, 0.3) is 0 Å². The minimum absolute atomic E-state index is 0.216. The quantitative estimate of drug-likeness (QED) is 0.643. The number of hydrogen-bond acceptors (Lipinski definition) is 4. The van der Waals surface area contributed by atoms with Gasteiger partial charge in [0.05, 0.1) is 0 Å². The van der Waals surface area contributed by atoms with Crippen LogP contribution in [0.2, 0.25) is 0 Å². The molecule has 0 radical (unpaired) electrons. The van der Waals surface area contributed by atoms with E-state index in [1.165, 1.54) is 11.8 Å². The first-order chi connectivity index (χ1) is 4.66. The molecule has 0 aliphatic heterocycles. The van der Waals surface area contributed by atoms with Gasteiger partial charge < -0.3 is 0 Å². The fourth-order valence-electron chi connectivity index (χ4n) is 0.427. The van der Waals surface area contributed by atoms with Gasteiger partial charge in [0.15, 0.2) is 5.12 Å². The van der Waals surface area contributed by atoms with Gasteiger partial charge in [-0.25, -0.2) is 0 Å². The van der Waals surface area contributed by atoms with Gasteiger partial charge in [-0.1, -0.05) is 40.3 Å². The lowest BCUT2D eigenvalue weighted by molar-refractivity contribution is -0.109. The Hall–Kier alpha value is 0.720. The van der Waals surface area contributed by atoms with E-state index >= 15 is 0 Å². The lowest BCUT2D eigenvalue weighted by atomic mass is 10.6. The van der Waals surface area contributed by atoms with E-state index in [2.05, 4.69) is 13.2 Å². The van der Waals surface area contributed by atoms with E-state index in [1.54, 1.807) is 17.7 Å². The molecule has 0 N–H and O–H groups in total. The molecule has 10 heavy (non-hydrogen) atoms. The summed E-state index contributed by atoms with van der Waals surface area (Å²) in [4.78, 5) is 10.5. The van der Waals surface area contributed by atoms with Crippen LogP contribution in [0.4, 0.5) is 0 Å². The highest BCUT2D eigenvalue weighted by molar-refractivity contribution is 8.76. The van der Waals surface area contributed by atoms with Crippen LogP contribution < -0.4 is 0 Å². The lowest BCUT2D eigenvalue weighted by Gasteiger charge is -2.05. The number of hydrogen-bond donors (Lipinski definition) is 0. The van der Waals surface area contributed by atoms with Gasteiger partial charge in [-0.3, -0.25) is 4.79 Å². The van der Waals surface area contributed by atoms with Crippen molar-refractivity contribution >= 4 is 38.5 Å². The van der Waals surface area contributed by atoms with Crippen molar-refractivity contribution in [3.63, 3.8) is 0 Å². The first-order valence-electron chi connectivity index (χ1n) is 2.99. The zero-order valence-electron chi connectivity index (χ0n) is 6.42. The van der Waals surface area contributed by atoms with E-state index in [4.69, 9.17) is 0 Å². The normalized spacial score (nSPS) is 13.1. The Morgan fingerprint density at radius 2 is 2.20 bits per heavy atom. The molecular weight excluding hydrogens is 184 g/mol. The monoisotopic (exact) mass is 196 g/mol. The van der Waals surface area contributed by atoms with Crippen molar-refractivity contribution < 1.29 is 4.79 Å². The maximum atomic E-state index is 10.5. The average molecular weight is 196 g/mol. The Morgan fingerprint density at radius 3 is 2.60 bits per heavy atom. The topological polar surface area (TPSA) is 17.1 Å². The Balaban J connectivity index is 3.21. The third kappa shape index (κ3) is 6.83. The summed E-state index contributed by atoms with van der Waals surface area (Å²) in [6, 6.07) is 0. The van der Waals surface area contributed by atoms with Crippen molar-refractivity contribution in [1.82, 2.24) is 0 Å². The smallest absolute Gasteiger partial charge is 0.185 e. The number of carbonyl (C=O) groups is 1. The minimum Gasteiger partial charge on any atom is -0.288 e. The molecule has 0 amide bonds. The van der Waals surface area contributed by atoms with E-state index < -0.39 is 0 Å². The summed E-state index contributed by atoms with van der Waals surface area (Å²) in [6.45, 7) is 3.75. The first-order valence-corrected chi connectivity index (χ1v) is 6.60. The van der Waals surface area contributed by atoms with E-state index in [1.807, 2.05) is 10.8 Å². The van der Waals surface area contributed by atoms with Crippen LogP contribution in [0, 0.1) is 0 Å². The molecule has 0 aromatic carbocycles. The molecule has 4 heteroatoms. The molecule has 60 valence electrons. The van der Waals surface area contributed by atoms with Gasteiger partial charge >= 0.3 is 0 Å². The highest BCUT2D eigenvalue weighted by Gasteiger charge is 2.02. The molecule has 1 unspecified atom stereocenters. The second-order valence-corrected chi connectivity index (χ2v) is 5.98. The predicted molar refractivity (Wildman–Crippen MR) is 53.7 cm³/mol. The molecular formula is C6H12OS3. The zero-order chi connectivity index (χ0) is 7.98. The van der Waals surface area contributed by atoms with Crippen LogP contribution in [0.5, 0.6) is 0 Å². The summed E-state index contributed by atoms with van der Waals surface area (Å²) in [5.41, 5.74) is 0. The first kappa shape index (κ1) is 10.7. The molecule has 0 saturated heterocycles. The summed E-state index contributed by atoms with van der Waals surface area (Å²) < 4.78 is 0. The fraction of sp³-hybridized carbons (Fsp3) is 0.833. The van der Waals surface area contributed by atoms with Crippen LogP contribution in [0.25, 0.3) is 0 Å². The van der Waals surface area contributed by atoms with E-state index in [-0.39, 0.29) is 5.12 Å². The minimum atomic E-state index is 0.216. The Bertz CT molecular complexity index is 105. The molecule has 0 heterocycles. The molecule has 0 fully saturated rings. The molecule has 0 rings (SSSR count). The third-order valence-electron chi connectivity index (χ3n) is 0.782. The van der Waals surface area contributed by atoms with Crippen molar-refractivity contribution in [2.45, 2.75) is 19.1 Å². The number of thioether (sulfide) groups is 1. The highest BCUT2D eigenvalue weighted by Crippen LogP contribution is 2.25. The van der Waals surface area contributed by atoms with Crippen molar-refractivity contribution in [2.75, 3.05) is 12.0 Å². The summed E-state index contributed by atoms with van der Waals surface area (Å²) in [6.07, 6.45) is 2.06. The highest BCUT2D eigenvalue weighted by atomic mass is 33.1. The largest absolute Gasteiger partial charge is 0.288 e. The van der Waals surface area contributed by atoms with Gasteiger partial charge in [0.1, 0.15) is 0 Å². The van der Waals surface area contributed by atoms with Crippen molar-refractivity contribution in [2.24, 2.45) is 0 Å². The molecule has 0 aliphatic rings. The van der Waals surface area contributed by atoms with Crippen molar-refractivity contribution in [3.8, 4) is 0 Å². The molecule has 1 atom stereocenters. The summed E-state index contributed by atoms with van der Waals surface area (Å²) in [5, 5.41) is 0.789. The molecule has 1 nitrogen and oxygen atoms in total. The SMILES string of the molecule is CSSC(C)CSC(C)=O. The molecule has 0 bridgehead atoms. The third-order valence-corrected chi connectivity index (χ3v) is 4.32. The molecule has 0 aliphatic carbocycles. The molecule has 0 aromatic heterocycles. The summed E-state index contributed by atoms with van der Waals surface area (Å²) >= 11 is 1.41. The van der Waals surface area contributed by atoms with E-state index in [0.29, 0.717) is 5.25 Å². The maximum Gasteiger partial charge on any atom is 0.185 e. The van der Waals surface area contributed by atoms with Crippen LogP contribution >= 0.6 is 33.3 Å². The lowest BCUT2D eigenvalue weighted by Crippen LogP contribution is -1.99. The Morgan fingerprint density at radius 1 is 1.60 bits per heavy atom. The summed E-state index contributed by atoms with van der Waals surface area (Å²) in [5.74, 6) is 0.931. The van der Waals surface area contributed by atoms with E-state index in [9.17, 15) is 4.79 Å². The standard InChI is InChI=1S/C6H12OS3/c1-5(10-8-3)4-9-6(2)7/h5H,4H2,1-3H3. The van der Waals surface area contributed by atoms with Crippen LogP contribution in [0.3, 0.4) is 0 Å². The van der Waals surface area contributed by atoms with E-state index in [0.717, 1.165) is 5.75 Å². The Kier molecular flexibility index (Phi) is 6.89. The molecule has 0 saturated carbocycles. The van der Waals surface area contributed by atoms with Gasteiger partial charge in [-0.15, -0.1) is 0 Å². The van der Waals surface area contributed by atoms with Gasteiger partial charge in [0.2, 0.25) is 0 Å². The van der Waals surface area contributed by atoms with Crippen LogP contribution in [-0.4, -0.2) is 22.4 Å². The zero-order valence-corrected chi connectivity index (χ0v) is 8.87. The second kappa shape index (κ2) is 6.43. The van der Waals surface area contributed by atoms with Crippen LogP contribution in [0.1, 0.15) is 13.8 Å². The fourth-order valence-corrected chi connectivity index (χ4v) is 3.14. The van der Waals surface area contributed by atoms with Crippen LogP contribution in [0.15, 0.2) is 0 Å². The van der Waals surface area contributed by atoms with Crippen LogP contribution in [-0.2, 0) is 4.79 Å².